The highest BCUT2D eigenvalue weighted by Gasteiger charge is 2.16. The van der Waals surface area contributed by atoms with Gasteiger partial charge in [-0.2, -0.15) is 0 Å². The number of ether oxygens (including phenoxy) is 1. The summed E-state index contributed by atoms with van der Waals surface area (Å²) in [6.45, 7) is 6.54. The van der Waals surface area contributed by atoms with Gasteiger partial charge in [-0.3, -0.25) is 0 Å². The zero-order chi connectivity index (χ0) is 12.7. The number of pyridine rings is 1. The van der Waals surface area contributed by atoms with Crippen LogP contribution < -0.4 is 10.6 Å². The van der Waals surface area contributed by atoms with Crippen molar-refractivity contribution in [3.8, 4) is 0 Å². The molecule has 0 aliphatic heterocycles. The second kappa shape index (κ2) is 7.25. The van der Waals surface area contributed by atoms with Crippen molar-refractivity contribution in [1.82, 2.24) is 4.98 Å². The summed E-state index contributed by atoms with van der Waals surface area (Å²) in [6, 6.07) is 4.37. The van der Waals surface area contributed by atoms with E-state index < -0.39 is 0 Å². The molecule has 0 amide bonds. The van der Waals surface area contributed by atoms with Gasteiger partial charge in [0.2, 0.25) is 0 Å². The highest BCUT2D eigenvalue weighted by molar-refractivity contribution is 5.47. The number of nitrogens with zero attached hydrogens (tertiary/aromatic N) is 2. The van der Waals surface area contributed by atoms with Gasteiger partial charge in [0.1, 0.15) is 5.82 Å². The van der Waals surface area contributed by atoms with Crippen molar-refractivity contribution in [1.29, 1.82) is 0 Å². The molecular weight excluding hydrogens is 214 g/mol. The summed E-state index contributed by atoms with van der Waals surface area (Å²) in [5.74, 6) is 1.03. The number of hydrogen-bond acceptors (Lipinski definition) is 4. The van der Waals surface area contributed by atoms with Gasteiger partial charge in [-0.15, -0.1) is 0 Å². The summed E-state index contributed by atoms with van der Waals surface area (Å²) < 4.78 is 5.21. The van der Waals surface area contributed by atoms with Gasteiger partial charge in [0.05, 0.1) is 12.6 Å². The molecule has 0 bridgehead atoms. The molecule has 0 aliphatic carbocycles. The molecule has 0 fully saturated rings. The van der Waals surface area contributed by atoms with Crippen molar-refractivity contribution in [3.63, 3.8) is 0 Å². The van der Waals surface area contributed by atoms with Crippen LogP contribution in [-0.4, -0.2) is 37.8 Å². The van der Waals surface area contributed by atoms with E-state index in [0.29, 0.717) is 19.2 Å². The Balaban J connectivity index is 2.93. The van der Waals surface area contributed by atoms with Crippen LogP contribution >= 0.6 is 0 Å². The van der Waals surface area contributed by atoms with E-state index in [0.717, 1.165) is 18.8 Å². The van der Waals surface area contributed by atoms with Gasteiger partial charge >= 0.3 is 0 Å². The highest BCUT2D eigenvalue weighted by Crippen LogP contribution is 2.19. The van der Waals surface area contributed by atoms with Gasteiger partial charge in [-0.1, -0.05) is 6.07 Å². The summed E-state index contributed by atoms with van der Waals surface area (Å²) in [5.41, 5.74) is 6.84. The van der Waals surface area contributed by atoms with Crippen molar-refractivity contribution >= 4 is 5.82 Å². The number of nitrogens with two attached hydrogens (primary N) is 1. The Kier molecular flexibility index (Phi) is 5.94. The molecule has 1 atom stereocenters. The van der Waals surface area contributed by atoms with E-state index in [4.69, 9.17) is 10.5 Å². The molecule has 0 radical (unpaired) electrons. The number of methoxy groups -OCH3 is 1. The van der Waals surface area contributed by atoms with Crippen molar-refractivity contribution in [2.75, 3.05) is 31.7 Å². The Labute approximate surface area is 104 Å². The predicted octanol–water partition coefficient (Wildman–Crippen LogP) is 1.44. The molecule has 1 heterocycles. The molecule has 1 aromatic rings. The molecular formula is C13H23N3O. The largest absolute Gasteiger partial charge is 0.383 e. The molecule has 96 valence electrons. The molecule has 1 aromatic heterocycles. The molecule has 17 heavy (non-hydrogen) atoms. The van der Waals surface area contributed by atoms with Gasteiger partial charge in [0.25, 0.3) is 0 Å². The van der Waals surface area contributed by atoms with Crippen LogP contribution in [0.2, 0.25) is 0 Å². The molecule has 0 saturated heterocycles. The summed E-state index contributed by atoms with van der Waals surface area (Å²) in [6.07, 6.45) is 2.69. The second-order valence-corrected chi connectivity index (χ2v) is 4.12. The molecule has 4 heteroatoms. The molecule has 0 aliphatic rings. The van der Waals surface area contributed by atoms with Crippen molar-refractivity contribution < 1.29 is 4.74 Å². The SMILES string of the molecule is CCN(c1ncccc1CCN)C(C)COC. The number of anilines is 1. The Morgan fingerprint density at radius 2 is 2.29 bits per heavy atom. The van der Waals surface area contributed by atoms with E-state index in [1.807, 2.05) is 12.3 Å². The van der Waals surface area contributed by atoms with Gasteiger partial charge in [-0.25, -0.2) is 4.98 Å². The van der Waals surface area contributed by atoms with Gasteiger partial charge < -0.3 is 15.4 Å². The third-order valence-electron chi connectivity index (χ3n) is 2.83. The quantitative estimate of drug-likeness (QED) is 0.779. The first-order valence-electron chi connectivity index (χ1n) is 6.14. The molecule has 0 aromatic carbocycles. The van der Waals surface area contributed by atoms with E-state index in [2.05, 4.69) is 29.8 Å². The van der Waals surface area contributed by atoms with E-state index in [1.165, 1.54) is 5.56 Å². The minimum atomic E-state index is 0.316. The standard InChI is InChI=1S/C13H23N3O/c1-4-16(11(2)10-17-3)13-12(7-8-14)6-5-9-15-13/h5-6,9,11H,4,7-8,10,14H2,1-3H3. The van der Waals surface area contributed by atoms with Crippen molar-refractivity contribution in [3.05, 3.63) is 23.9 Å². The van der Waals surface area contributed by atoms with Crippen LogP contribution in [0.15, 0.2) is 18.3 Å². The monoisotopic (exact) mass is 237 g/mol. The minimum Gasteiger partial charge on any atom is -0.383 e. The first kappa shape index (κ1) is 13.9. The van der Waals surface area contributed by atoms with Crippen LogP contribution in [0, 0.1) is 0 Å². The molecule has 1 unspecified atom stereocenters. The van der Waals surface area contributed by atoms with Crippen molar-refractivity contribution in [2.45, 2.75) is 26.3 Å². The molecule has 1 rings (SSSR count). The smallest absolute Gasteiger partial charge is 0.132 e. The highest BCUT2D eigenvalue weighted by atomic mass is 16.5. The van der Waals surface area contributed by atoms with Crippen LogP contribution in [-0.2, 0) is 11.2 Å². The molecule has 0 saturated carbocycles. The fourth-order valence-electron chi connectivity index (χ4n) is 2.04. The number of hydrogen-bond donors (Lipinski definition) is 1. The summed E-state index contributed by atoms with van der Waals surface area (Å²) in [7, 11) is 1.73. The third-order valence-corrected chi connectivity index (χ3v) is 2.83. The summed E-state index contributed by atoms with van der Waals surface area (Å²) >= 11 is 0. The minimum absolute atomic E-state index is 0.316. The Morgan fingerprint density at radius 1 is 1.53 bits per heavy atom. The topological polar surface area (TPSA) is 51.4 Å². The van der Waals surface area contributed by atoms with E-state index in [9.17, 15) is 0 Å². The lowest BCUT2D eigenvalue weighted by atomic mass is 10.1. The van der Waals surface area contributed by atoms with Crippen LogP contribution in [0.3, 0.4) is 0 Å². The fraction of sp³-hybridized carbons (Fsp3) is 0.615. The lowest BCUT2D eigenvalue weighted by Crippen LogP contribution is -2.37. The first-order valence-corrected chi connectivity index (χ1v) is 6.14. The van der Waals surface area contributed by atoms with E-state index >= 15 is 0 Å². The second-order valence-electron chi connectivity index (χ2n) is 4.12. The van der Waals surface area contributed by atoms with E-state index in [-0.39, 0.29) is 0 Å². The molecule has 2 N–H and O–H groups in total. The zero-order valence-electron chi connectivity index (χ0n) is 11.0. The van der Waals surface area contributed by atoms with Crippen LogP contribution in [0.1, 0.15) is 19.4 Å². The molecule has 4 nitrogen and oxygen atoms in total. The normalized spacial score (nSPS) is 12.5. The van der Waals surface area contributed by atoms with Gasteiger partial charge in [0.15, 0.2) is 0 Å². The van der Waals surface area contributed by atoms with Crippen LogP contribution in [0.5, 0.6) is 0 Å². The number of rotatable bonds is 7. The van der Waals surface area contributed by atoms with Crippen molar-refractivity contribution in [2.24, 2.45) is 5.73 Å². The average molecular weight is 237 g/mol. The Morgan fingerprint density at radius 3 is 2.88 bits per heavy atom. The lowest BCUT2D eigenvalue weighted by molar-refractivity contribution is 0.181. The lowest BCUT2D eigenvalue weighted by Gasteiger charge is -2.30. The average Bonchev–Trinajstić information content (AvgIpc) is 2.33. The maximum Gasteiger partial charge on any atom is 0.132 e. The number of aromatic nitrogens is 1. The third kappa shape index (κ3) is 3.68. The van der Waals surface area contributed by atoms with Gasteiger partial charge in [0, 0.05) is 19.9 Å². The summed E-state index contributed by atoms with van der Waals surface area (Å²) in [4.78, 5) is 6.75. The first-order chi connectivity index (χ1) is 8.24. The maximum atomic E-state index is 5.63. The van der Waals surface area contributed by atoms with E-state index in [1.54, 1.807) is 7.11 Å². The predicted molar refractivity (Wildman–Crippen MR) is 71.4 cm³/mol. The molecule has 0 spiro atoms. The van der Waals surface area contributed by atoms with Crippen LogP contribution in [0.4, 0.5) is 5.82 Å². The Hall–Kier alpha value is -1.13. The zero-order valence-corrected chi connectivity index (χ0v) is 11.0. The Bertz CT molecular complexity index is 330. The number of likely N-dealkylation sites (N-methyl/N-ethyl adjacent to an activating group) is 1. The van der Waals surface area contributed by atoms with Gasteiger partial charge in [-0.05, 0) is 38.4 Å². The summed E-state index contributed by atoms with van der Waals surface area (Å²) in [5, 5.41) is 0. The van der Waals surface area contributed by atoms with Crippen LogP contribution in [0.25, 0.3) is 0 Å². The maximum absolute atomic E-state index is 5.63. The fourth-order valence-corrected chi connectivity index (χ4v) is 2.04.